The van der Waals surface area contributed by atoms with E-state index in [9.17, 15) is 4.79 Å². The summed E-state index contributed by atoms with van der Waals surface area (Å²) in [6, 6.07) is 31.5. The fourth-order valence-electron chi connectivity index (χ4n) is 4.64. The largest absolute Gasteiger partial charge is 0.325 e. The van der Waals surface area contributed by atoms with Gasteiger partial charge in [-0.15, -0.1) is 0 Å². The molecular formula is C28H25NO. The minimum atomic E-state index is -0.254. The van der Waals surface area contributed by atoms with Crippen LogP contribution in [0.3, 0.4) is 0 Å². The van der Waals surface area contributed by atoms with Gasteiger partial charge >= 0.3 is 0 Å². The molecule has 1 saturated carbocycles. The van der Waals surface area contributed by atoms with Gasteiger partial charge < -0.3 is 5.32 Å². The molecule has 4 aromatic rings. The molecule has 1 N–H and O–H groups in total. The van der Waals surface area contributed by atoms with Gasteiger partial charge in [0.15, 0.2) is 0 Å². The van der Waals surface area contributed by atoms with E-state index in [1.165, 1.54) is 22.3 Å². The average Bonchev–Trinajstić information content (AvgIpc) is 3.52. The SMILES string of the molecule is Cc1ccc(C2(c3ccc(C)cc3)CC2C(=O)Nc2cccc3ccccc23)cc1. The van der Waals surface area contributed by atoms with Gasteiger partial charge in [-0.05, 0) is 42.8 Å². The summed E-state index contributed by atoms with van der Waals surface area (Å²) in [6.07, 6.45) is 0.829. The van der Waals surface area contributed by atoms with Crippen molar-refractivity contribution in [3.05, 3.63) is 113 Å². The molecule has 0 bridgehead atoms. The summed E-state index contributed by atoms with van der Waals surface area (Å²) in [5, 5.41) is 5.43. The number of fused-ring (bicyclic) bond motifs is 1. The van der Waals surface area contributed by atoms with Crippen molar-refractivity contribution in [2.24, 2.45) is 5.92 Å². The number of amides is 1. The Morgan fingerprint density at radius 2 is 1.33 bits per heavy atom. The molecule has 1 unspecified atom stereocenters. The molecule has 0 aliphatic heterocycles. The van der Waals surface area contributed by atoms with E-state index in [1.54, 1.807) is 0 Å². The molecular weight excluding hydrogens is 366 g/mol. The van der Waals surface area contributed by atoms with Gasteiger partial charge in [-0.2, -0.15) is 0 Å². The van der Waals surface area contributed by atoms with E-state index < -0.39 is 0 Å². The second kappa shape index (κ2) is 7.14. The highest BCUT2D eigenvalue weighted by Crippen LogP contribution is 2.59. The fraction of sp³-hybridized carbons (Fsp3) is 0.179. The minimum Gasteiger partial charge on any atom is -0.325 e. The summed E-state index contributed by atoms with van der Waals surface area (Å²) in [5.41, 5.74) is 5.53. The zero-order valence-electron chi connectivity index (χ0n) is 17.4. The molecule has 1 atom stereocenters. The molecule has 2 heteroatoms. The van der Waals surface area contributed by atoms with Crippen LogP contribution in [0.1, 0.15) is 28.7 Å². The van der Waals surface area contributed by atoms with E-state index in [0.717, 1.165) is 22.9 Å². The number of anilines is 1. The number of aryl methyl sites for hydroxylation is 2. The maximum atomic E-state index is 13.4. The Morgan fingerprint density at radius 3 is 1.97 bits per heavy atom. The first kappa shape index (κ1) is 18.6. The van der Waals surface area contributed by atoms with Crippen molar-refractivity contribution in [3.63, 3.8) is 0 Å². The first-order valence-electron chi connectivity index (χ1n) is 10.5. The molecule has 5 rings (SSSR count). The monoisotopic (exact) mass is 391 g/mol. The molecule has 1 aliphatic rings. The van der Waals surface area contributed by atoms with Crippen molar-refractivity contribution in [2.75, 3.05) is 5.32 Å². The number of benzene rings is 4. The topological polar surface area (TPSA) is 29.1 Å². The van der Waals surface area contributed by atoms with Crippen LogP contribution in [-0.2, 0) is 10.2 Å². The lowest BCUT2D eigenvalue weighted by molar-refractivity contribution is -0.117. The standard InChI is InChI=1S/C28H25NO/c1-19-10-14-22(15-11-19)28(23-16-12-20(2)13-17-23)18-25(28)27(30)29-26-9-5-7-21-6-3-4-8-24(21)26/h3-17,25H,18H2,1-2H3,(H,29,30). The molecule has 0 radical (unpaired) electrons. The number of nitrogens with one attached hydrogen (secondary N) is 1. The summed E-state index contributed by atoms with van der Waals surface area (Å²) >= 11 is 0. The van der Waals surface area contributed by atoms with Crippen LogP contribution in [0, 0.1) is 19.8 Å². The highest BCUT2D eigenvalue weighted by Gasteiger charge is 2.60. The zero-order chi connectivity index (χ0) is 20.7. The molecule has 4 aromatic carbocycles. The molecule has 0 aromatic heterocycles. The van der Waals surface area contributed by atoms with E-state index in [4.69, 9.17) is 0 Å². The maximum Gasteiger partial charge on any atom is 0.228 e. The summed E-state index contributed by atoms with van der Waals surface area (Å²) in [4.78, 5) is 13.4. The van der Waals surface area contributed by atoms with E-state index >= 15 is 0 Å². The molecule has 148 valence electrons. The lowest BCUT2D eigenvalue weighted by atomic mass is 9.85. The number of rotatable bonds is 4. The fourth-order valence-corrected chi connectivity index (χ4v) is 4.64. The lowest BCUT2D eigenvalue weighted by Crippen LogP contribution is -2.22. The van der Waals surface area contributed by atoms with Crippen LogP contribution in [0.5, 0.6) is 0 Å². The second-order valence-corrected chi connectivity index (χ2v) is 8.48. The van der Waals surface area contributed by atoms with E-state index in [0.29, 0.717) is 0 Å². The van der Waals surface area contributed by atoms with Gasteiger partial charge in [0, 0.05) is 16.5 Å². The smallest absolute Gasteiger partial charge is 0.228 e. The zero-order valence-corrected chi connectivity index (χ0v) is 17.4. The molecule has 1 amide bonds. The van der Waals surface area contributed by atoms with Crippen LogP contribution < -0.4 is 5.32 Å². The van der Waals surface area contributed by atoms with Crippen molar-refractivity contribution in [1.82, 2.24) is 0 Å². The third kappa shape index (κ3) is 3.09. The Labute approximate surface area is 177 Å². The first-order chi connectivity index (χ1) is 14.6. The second-order valence-electron chi connectivity index (χ2n) is 8.48. The van der Waals surface area contributed by atoms with Gasteiger partial charge in [0.1, 0.15) is 0 Å². The van der Waals surface area contributed by atoms with Crippen molar-refractivity contribution >= 4 is 22.4 Å². The molecule has 1 aliphatic carbocycles. The van der Waals surface area contributed by atoms with Crippen LogP contribution in [-0.4, -0.2) is 5.91 Å². The van der Waals surface area contributed by atoms with Crippen LogP contribution in [0.25, 0.3) is 10.8 Å². The minimum absolute atomic E-state index is 0.0816. The summed E-state index contributed by atoms with van der Waals surface area (Å²) in [7, 11) is 0. The summed E-state index contributed by atoms with van der Waals surface area (Å²) in [6.45, 7) is 4.19. The van der Waals surface area contributed by atoms with Gasteiger partial charge in [0.25, 0.3) is 0 Å². The van der Waals surface area contributed by atoms with Crippen molar-refractivity contribution in [2.45, 2.75) is 25.7 Å². The van der Waals surface area contributed by atoms with Crippen LogP contribution in [0.15, 0.2) is 91.0 Å². The summed E-state index contributed by atoms with van der Waals surface area (Å²) < 4.78 is 0. The Morgan fingerprint density at radius 1 is 0.767 bits per heavy atom. The highest BCUT2D eigenvalue weighted by molar-refractivity contribution is 6.04. The Hall–Kier alpha value is -3.39. The average molecular weight is 392 g/mol. The molecule has 0 saturated heterocycles. The Bertz CT molecular complexity index is 1170. The molecule has 0 heterocycles. The van der Waals surface area contributed by atoms with E-state index in [2.05, 4.69) is 85.9 Å². The highest BCUT2D eigenvalue weighted by atomic mass is 16.2. The number of carbonyl (C=O) groups is 1. The molecule has 1 fully saturated rings. The molecule has 30 heavy (non-hydrogen) atoms. The third-order valence-electron chi connectivity index (χ3n) is 6.46. The van der Waals surface area contributed by atoms with Crippen LogP contribution >= 0.6 is 0 Å². The molecule has 0 spiro atoms. The number of carbonyl (C=O) groups excluding carboxylic acids is 1. The first-order valence-corrected chi connectivity index (χ1v) is 10.5. The van der Waals surface area contributed by atoms with Crippen molar-refractivity contribution in [1.29, 1.82) is 0 Å². The predicted molar refractivity (Wildman–Crippen MR) is 124 cm³/mol. The number of hydrogen-bond acceptors (Lipinski definition) is 1. The van der Waals surface area contributed by atoms with Gasteiger partial charge in [-0.3, -0.25) is 4.79 Å². The molecule has 2 nitrogen and oxygen atoms in total. The maximum absolute atomic E-state index is 13.4. The third-order valence-corrected chi connectivity index (χ3v) is 6.46. The Balaban J connectivity index is 1.51. The normalized spacial score (nSPS) is 16.9. The predicted octanol–water partition coefficient (Wildman–Crippen LogP) is 6.40. The van der Waals surface area contributed by atoms with Gasteiger partial charge in [0.2, 0.25) is 5.91 Å². The van der Waals surface area contributed by atoms with E-state index in [1.807, 2.05) is 24.3 Å². The van der Waals surface area contributed by atoms with Crippen LogP contribution in [0.4, 0.5) is 5.69 Å². The lowest BCUT2D eigenvalue weighted by Gasteiger charge is -2.20. The summed E-state index contributed by atoms with van der Waals surface area (Å²) in [5.74, 6) is 0.00869. The van der Waals surface area contributed by atoms with Crippen molar-refractivity contribution < 1.29 is 4.79 Å². The van der Waals surface area contributed by atoms with Gasteiger partial charge in [0.05, 0.1) is 5.92 Å². The van der Waals surface area contributed by atoms with Gasteiger partial charge in [-0.1, -0.05) is 96.1 Å². The Kier molecular flexibility index (Phi) is 4.43. The van der Waals surface area contributed by atoms with E-state index in [-0.39, 0.29) is 17.2 Å². The number of hydrogen-bond donors (Lipinski definition) is 1. The van der Waals surface area contributed by atoms with Crippen LogP contribution in [0.2, 0.25) is 0 Å². The quantitative estimate of drug-likeness (QED) is 0.428. The van der Waals surface area contributed by atoms with Gasteiger partial charge in [-0.25, -0.2) is 0 Å². The van der Waals surface area contributed by atoms with Crippen molar-refractivity contribution in [3.8, 4) is 0 Å².